The second kappa shape index (κ2) is 8.80. The SMILES string of the molecule is CCOc1ccc(OCC)c(CN2CCc3nc(-c4cccs4)[nH]c(=O)c3C2)c1. The molecule has 0 unspecified atom stereocenters. The summed E-state index contributed by atoms with van der Waals surface area (Å²) in [4.78, 5) is 23.7. The van der Waals surface area contributed by atoms with Gasteiger partial charge in [0, 0.05) is 31.6 Å². The summed E-state index contributed by atoms with van der Waals surface area (Å²) in [5.41, 5.74) is 2.69. The van der Waals surface area contributed by atoms with Gasteiger partial charge in [0.05, 0.1) is 29.3 Å². The van der Waals surface area contributed by atoms with Crippen LogP contribution in [0.2, 0.25) is 0 Å². The van der Waals surface area contributed by atoms with Crippen LogP contribution < -0.4 is 15.0 Å². The molecule has 0 aliphatic carbocycles. The number of hydrogen-bond donors (Lipinski definition) is 1. The molecule has 1 aliphatic rings. The predicted octanol–water partition coefficient (Wildman–Crippen LogP) is 3.85. The molecule has 1 aromatic carbocycles. The predicted molar refractivity (Wildman–Crippen MR) is 115 cm³/mol. The number of aromatic nitrogens is 2. The zero-order chi connectivity index (χ0) is 20.2. The average molecular weight is 412 g/mol. The first-order valence-corrected chi connectivity index (χ1v) is 10.8. The lowest BCUT2D eigenvalue weighted by atomic mass is 10.1. The summed E-state index contributed by atoms with van der Waals surface area (Å²) >= 11 is 1.58. The van der Waals surface area contributed by atoms with Crippen molar-refractivity contribution in [2.45, 2.75) is 33.4 Å². The molecule has 152 valence electrons. The van der Waals surface area contributed by atoms with Crippen molar-refractivity contribution < 1.29 is 9.47 Å². The Kier molecular flexibility index (Phi) is 5.97. The Morgan fingerprint density at radius 1 is 1.21 bits per heavy atom. The van der Waals surface area contributed by atoms with Crippen molar-refractivity contribution in [3.63, 3.8) is 0 Å². The number of nitrogens with one attached hydrogen (secondary N) is 1. The van der Waals surface area contributed by atoms with Crippen LogP contribution >= 0.6 is 11.3 Å². The highest BCUT2D eigenvalue weighted by Gasteiger charge is 2.23. The van der Waals surface area contributed by atoms with Gasteiger partial charge in [-0.2, -0.15) is 0 Å². The third-order valence-electron chi connectivity index (χ3n) is 4.94. The van der Waals surface area contributed by atoms with E-state index >= 15 is 0 Å². The van der Waals surface area contributed by atoms with E-state index in [0.29, 0.717) is 32.1 Å². The molecule has 6 nitrogen and oxygen atoms in total. The molecule has 3 heterocycles. The number of rotatable bonds is 7. The van der Waals surface area contributed by atoms with E-state index in [1.165, 1.54) is 0 Å². The fraction of sp³-hybridized carbons (Fsp3) is 0.364. The van der Waals surface area contributed by atoms with Gasteiger partial charge in [-0.3, -0.25) is 9.69 Å². The molecule has 3 aromatic rings. The fourth-order valence-electron chi connectivity index (χ4n) is 3.62. The number of ether oxygens (including phenoxy) is 2. The molecule has 0 saturated heterocycles. The summed E-state index contributed by atoms with van der Waals surface area (Å²) in [6, 6.07) is 9.87. The van der Waals surface area contributed by atoms with Gasteiger partial charge in [-0.05, 0) is 43.5 Å². The van der Waals surface area contributed by atoms with Gasteiger partial charge in [0.15, 0.2) is 5.82 Å². The maximum Gasteiger partial charge on any atom is 0.255 e. The largest absolute Gasteiger partial charge is 0.494 e. The molecule has 29 heavy (non-hydrogen) atoms. The van der Waals surface area contributed by atoms with Crippen molar-refractivity contribution in [2.75, 3.05) is 19.8 Å². The first-order chi connectivity index (χ1) is 14.2. The van der Waals surface area contributed by atoms with E-state index < -0.39 is 0 Å². The Morgan fingerprint density at radius 3 is 2.83 bits per heavy atom. The Morgan fingerprint density at radius 2 is 2.07 bits per heavy atom. The van der Waals surface area contributed by atoms with Crippen molar-refractivity contribution in [1.29, 1.82) is 0 Å². The maximum absolute atomic E-state index is 12.7. The molecular weight excluding hydrogens is 386 g/mol. The number of nitrogens with zero attached hydrogens (tertiary/aromatic N) is 2. The van der Waals surface area contributed by atoms with Gasteiger partial charge in [0.1, 0.15) is 11.5 Å². The minimum absolute atomic E-state index is 0.0452. The number of fused-ring (bicyclic) bond motifs is 1. The van der Waals surface area contributed by atoms with Crippen LogP contribution in [0, 0.1) is 0 Å². The molecule has 4 rings (SSSR count). The Labute approximate surface area is 174 Å². The van der Waals surface area contributed by atoms with E-state index in [9.17, 15) is 4.79 Å². The first-order valence-electron chi connectivity index (χ1n) is 9.94. The summed E-state index contributed by atoms with van der Waals surface area (Å²) in [7, 11) is 0. The van der Waals surface area contributed by atoms with Crippen molar-refractivity contribution in [3.8, 4) is 22.2 Å². The van der Waals surface area contributed by atoms with Gasteiger partial charge < -0.3 is 14.5 Å². The second-order valence-electron chi connectivity index (χ2n) is 6.91. The van der Waals surface area contributed by atoms with Crippen molar-refractivity contribution in [2.24, 2.45) is 0 Å². The van der Waals surface area contributed by atoms with E-state index in [2.05, 4.69) is 9.88 Å². The molecule has 0 radical (unpaired) electrons. The summed E-state index contributed by atoms with van der Waals surface area (Å²) in [5.74, 6) is 2.37. The number of benzene rings is 1. The molecular formula is C22H25N3O3S. The minimum atomic E-state index is -0.0452. The van der Waals surface area contributed by atoms with Crippen LogP contribution in [0.15, 0.2) is 40.5 Å². The van der Waals surface area contributed by atoms with Crippen LogP contribution in [0.1, 0.15) is 30.7 Å². The third kappa shape index (κ3) is 4.36. The lowest BCUT2D eigenvalue weighted by Crippen LogP contribution is -2.35. The van der Waals surface area contributed by atoms with Crippen molar-refractivity contribution in [1.82, 2.24) is 14.9 Å². The van der Waals surface area contributed by atoms with Crippen molar-refractivity contribution in [3.05, 3.63) is 62.9 Å². The quantitative estimate of drug-likeness (QED) is 0.640. The first kappa shape index (κ1) is 19.7. The number of aromatic amines is 1. The summed E-state index contributed by atoms with van der Waals surface area (Å²) in [5, 5.41) is 1.99. The molecule has 1 aliphatic heterocycles. The van der Waals surface area contributed by atoms with Gasteiger partial charge in [0.2, 0.25) is 0 Å². The lowest BCUT2D eigenvalue weighted by molar-refractivity contribution is 0.235. The summed E-state index contributed by atoms with van der Waals surface area (Å²) in [6.07, 6.45) is 0.757. The molecule has 1 N–H and O–H groups in total. The highest BCUT2D eigenvalue weighted by molar-refractivity contribution is 7.13. The smallest absolute Gasteiger partial charge is 0.255 e. The van der Waals surface area contributed by atoms with Crippen LogP contribution in [0.5, 0.6) is 11.5 Å². The summed E-state index contributed by atoms with van der Waals surface area (Å²) in [6.45, 7) is 7.30. The average Bonchev–Trinajstić information content (AvgIpc) is 3.25. The van der Waals surface area contributed by atoms with Crippen molar-refractivity contribution >= 4 is 11.3 Å². The Bertz CT molecular complexity index is 1030. The normalized spacial score (nSPS) is 13.9. The number of H-pyrrole nitrogens is 1. The Balaban J connectivity index is 1.56. The zero-order valence-corrected chi connectivity index (χ0v) is 17.6. The van der Waals surface area contributed by atoms with Gasteiger partial charge >= 0.3 is 0 Å². The van der Waals surface area contributed by atoms with E-state index in [-0.39, 0.29) is 5.56 Å². The molecule has 0 saturated carbocycles. The van der Waals surface area contributed by atoms with E-state index in [4.69, 9.17) is 14.5 Å². The van der Waals surface area contributed by atoms with Gasteiger partial charge in [-0.1, -0.05) is 6.07 Å². The van der Waals surface area contributed by atoms with Crippen LogP contribution in [-0.2, 0) is 19.5 Å². The van der Waals surface area contributed by atoms with Crippen LogP contribution in [0.4, 0.5) is 0 Å². The molecule has 7 heteroatoms. The van der Waals surface area contributed by atoms with E-state index in [1.807, 2.05) is 49.6 Å². The molecule has 0 atom stereocenters. The lowest BCUT2D eigenvalue weighted by Gasteiger charge is -2.28. The van der Waals surface area contributed by atoms with Gasteiger partial charge in [-0.25, -0.2) is 4.98 Å². The molecule has 0 amide bonds. The topological polar surface area (TPSA) is 67.5 Å². The number of thiophene rings is 1. The summed E-state index contributed by atoms with van der Waals surface area (Å²) < 4.78 is 11.5. The standard InChI is InChI=1S/C22H25N3O3S/c1-3-27-16-7-8-19(28-4-2)15(12-16)13-25-10-9-18-17(14-25)22(26)24-21(23-18)20-6-5-11-29-20/h5-8,11-12H,3-4,9-10,13-14H2,1-2H3,(H,23,24,26). The van der Waals surface area contributed by atoms with Crippen LogP contribution in [0.3, 0.4) is 0 Å². The maximum atomic E-state index is 12.7. The molecule has 0 spiro atoms. The molecule has 2 aromatic heterocycles. The van der Waals surface area contributed by atoms with Crippen LogP contribution in [0.25, 0.3) is 10.7 Å². The molecule has 0 fully saturated rings. The van der Waals surface area contributed by atoms with E-state index in [1.54, 1.807) is 11.3 Å². The third-order valence-corrected chi connectivity index (χ3v) is 5.82. The van der Waals surface area contributed by atoms with Gasteiger partial charge in [-0.15, -0.1) is 11.3 Å². The second-order valence-corrected chi connectivity index (χ2v) is 7.86. The molecule has 0 bridgehead atoms. The number of hydrogen-bond acceptors (Lipinski definition) is 6. The zero-order valence-electron chi connectivity index (χ0n) is 16.7. The van der Waals surface area contributed by atoms with E-state index in [0.717, 1.165) is 46.2 Å². The fourth-order valence-corrected chi connectivity index (χ4v) is 4.29. The Hall–Kier alpha value is -2.64. The van der Waals surface area contributed by atoms with Gasteiger partial charge in [0.25, 0.3) is 5.56 Å². The highest BCUT2D eigenvalue weighted by atomic mass is 32.1. The van der Waals surface area contributed by atoms with Crippen LogP contribution in [-0.4, -0.2) is 34.6 Å². The highest BCUT2D eigenvalue weighted by Crippen LogP contribution is 2.28. The monoisotopic (exact) mass is 411 g/mol. The minimum Gasteiger partial charge on any atom is -0.494 e.